The van der Waals surface area contributed by atoms with Crippen molar-refractivity contribution in [3.8, 4) is 0 Å². The largest absolute Gasteiger partial charge is 0.269 e. The van der Waals surface area contributed by atoms with Crippen molar-refractivity contribution in [1.82, 2.24) is 9.88 Å². The molecule has 0 unspecified atom stereocenters. The Kier molecular flexibility index (Phi) is 4.57. The van der Waals surface area contributed by atoms with E-state index in [9.17, 15) is 9.59 Å². The SMILES string of the molecule is CCSC1=C(c2ccccc2)C(=O)N(Cc2ccccn2)C1=O. The molecule has 0 spiro atoms. The Morgan fingerprint density at radius 2 is 1.74 bits per heavy atom. The predicted octanol–water partition coefficient (Wildman–Crippen LogP) is 3.11. The van der Waals surface area contributed by atoms with Gasteiger partial charge in [0.1, 0.15) is 0 Å². The topological polar surface area (TPSA) is 50.3 Å². The molecule has 2 amide bonds. The van der Waals surface area contributed by atoms with Gasteiger partial charge in [0.25, 0.3) is 11.8 Å². The molecule has 3 rings (SSSR count). The first kappa shape index (κ1) is 15.5. The molecule has 0 saturated carbocycles. The fourth-order valence-electron chi connectivity index (χ4n) is 2.49. The molecular weight excluding hydrogens is 308 g/mol. The minimum Gasteiger partial charge on any atom is -0.269 e. The lowest BCUT2D eigenvalue weighted by Crippen LogP contribution is -2.31. The monoisotopic (exact) mass is 324 g/mol. The molecule has 1 aliphatic rings. The third-order valence-electron chi connectivity index (χ3n) is 3.52. The molecule has 2 aromatic rings. The number of imide groups is 1. The zero-order valence-electron chi connectivity index (χ0n) is 12.7. The molecule has 23 heavy (non-hydrogen) atoms. The van der Waals surface area contributed by atoms with Crippen molar-refractivity contribution in [1.29, 1.82) is 0 Å². The first-order chi connectivity index (χ1) is 11.2. The van der Waals surface area contributed by atoms with Crippen LogP contribution in [0.1, 0.15) is 18.2 Å². The number of aromatic nitrogens is 1. The van der Waals surface area contributed by atoms with Gasteiger partial charge in [-0.1, -0.05) is 43.3 Å². The highest BCUT2D eigenvalue weighted by Crippen LogP contribution is 2.36. The van der Waals surface area contributed by atoms with Crippen LogP contribution >= 0.6 is 11.8 Å². The van der Waals surface area contributed by atoms with Gasteiger partial charge in [-0.3, -0.25) is 19.5 Å². The fraction of sp³-hybridized carbons (Fsp3) is 0.167. The lowest BCUT2D eigenvalue weighted by atomic mass is 10.1. The van der Waals surface area contributed by atoms with Crippen LogP contribution in [0.15, 0.2) is 59.6 Å². The van der Waals surface area contributed by atoms with Crippen molar-refractivity contribution >= 4 is 29.1 Å². The van der Waals surface area contributed by atoms with Crippen LogP contribution in [0, 0.1) is 0 Å². The molecular formula is C18H16N2O2S. The maximum Gasteiger partial charge on any atom is 0.268 e. The minimum absolute atomic E-state index is 0.197. The molecule has 0 fully saturated rings. The van der Waals surface area contributed by atoms with E-state index in [2.05, 4.69) is 4.98 Å². The smallest absolute Gasteiger partial charge is 0.268 e. The second-order valence-corrected chi connectivity index (χ2v) is 6.29. The lowest BCUT2D eigenvalue weighted by Gasteiger charge is -2.14. The number of rotatable bonds is 5. The standard InChI is InChI=1S/C18H16N2O2S/c1-2-23-16-15(13-8-4-3-5-9-13)17(21)20(18(16)22)12-14-10-6-7-11-19-14/h3-11H,2,12H2,1H3. The van der Waals surface area contributed by atoms with Crippen LogP contribution in [0.2, 0.25) is 0 Å². The quantitative estimate of drug-likeness (QED) is 0.793. The predicted molar refractivity (Wildman–Crippen MR) is 91.3 cm³/mol. The molecule has 5 heteroatoms. The molecule has 0 atom stereocenters. The van der Waals surface area contributed by atoms with Crippen molar-refractivity contribution in [3.05, 3.63) is 70.9 Å². The van der Waals surface area contributed by atoms with E-state index < -0.39 is 0 Å². The van der Waals surface area contributed by atoms with E-state index in [4.69, 9.17) is 0 Å². The van der Waals surface area contributed by atoms with Crippen molar-refractivity contribution < 1.29 is 9.59 Å². The average molecular weight is 324 g/mol. The molecule has 1 aliphatic heterocycles. The number of hydrogen-bond acceptors (Lipinski definition) is 4. The molecule has 1 aromatic heterocycles. The number of pyridine rings is 1. The molecule has 0 saturated heterocycles. The summed E-state index contributed by atoms with van der Waals surface area (Å²) in [6.07, 6.45) is 1.66. The molecule has 2 heterocycles. The van der Waals surface area contributed by atoms with Gasteiger partial charge in [0.2, 0.25) is 0 Å². The number of carbonyl (C=O) groups excluding carboxylic acids is 2. The lowest BCUT2D eigenvalue weighted by molar-refractivity contribution is -0.137. The summed E-state index contributed by atoms with van der Waals surface area (Å²) in [5, 5.41) is 0. The molecule has 0 bridgehead atoms. The Morgan fingerprint density at radius 1 is 1.00 bits per heavy atom. The Hall–Kier alpha value is -2.40. The Bertz CT molecular complexity index is 757. The van der Waals surface area contributed by atoms with Gasteiger partial charge in [0.15, 0.2) is 0 Å². The van der Waals surface area contributed by atoms with Gasteiger partial charge >= 0.3 is 0 Å². The summed E-state index contributed by atoms with van der Waals surface area (Å²) in [7, 11) is 0. The Morgan fingerprint density at radius 3 is 2.39 bits per heavy atom. The van der Waals surface area contributed by atoms with Gasteiger partial charge in [-0.05, 0) is 23.4 Å². The highest BCUT2D eigenvalue weighted by atomic mass is 32.2. The highest BCUT2D eigenvalue weighted by molar-refractivity contribution is 8.04. The van der Waals surface area contributed by atoms with Crippen LogP contribution in [0.25, 0.3) is 5.57 Å². The number of amides is 2. The zero-order chi connectivity index (χ0) is 16.2. The molecule has 1 aromatic carbocycles. The van der Waals surface area contributed by atoms with Crippen molar-refractivity contribution in [3.63, 3.8) is 0 Å². The summed E-state index contributed by atoms with van der Waals surface area (Å²) in [6, 6.07) is 14.8. The Balaban J connectivity index is 1.96. The molecule has 4 nitrogen and oxygen atoms in total. The first-order valence-electron chi connectivity index (χ1n) is 7.41. The number of hydrogen-bond donors (Lipinski definition) is 0. The third-order valence-corrected chi connectivity index (χ3v) is 4.48. The van der Waals surface area contributed by atoms with E-state index in [1.807, 2.05) is 55.5 Å². The third kappa shape index (κ3) is 3.05. The van der Waals surface area contributed by atoms with Crippen LogP contribution in [-0.4, -0.2) is 27.5 Å². The van der Waals surface area contributed by atoms with Crippen LogP contribution < -0.4 is 0 Å². The van der Waals surface area contributed by atoms with Gasteiger partial charge in [0, 0.05) is 6.20 Å². The maximum atomic E-state index is 12.8. The van der Waals surface area contributed by atoms with E-state index in [0.717, 1.165) is 11.3 Å². The number of thioether (sulfide) groups is 1. The first-order valence-corrected chi connectivity index (χ1v) is 8.39. The molecule has 0 aliphatic carbocycles. The number of nitrogens with zero attached hydrogens (tertiary/aromatic N) is 2. The average Bonchev–Trinajstić information content (AvgIpc) is 2.82. The fourth-order valence-corrected chi connectivity index (χ4v) is 3.36. The van der Waals surface area contributed by atoms with E-state index in [0.29, 0.717) is 16.2 Å². The molecule has 0 N–H and O–H groups in total. The van der Waals surface area contributed by atoms with Gasteiger partial charge in [0.05, 0.1) is 22.7 Å². The normalized spacial score (nSPS) is 14.7. The van der Waals surface area contributed by atoms with E-state index in [-0.39, 0.29) is 18.4 Å². The van der Waals surface area contributed by atoms with E-state index in [1.165, 1.54) is 16.7 Å². The van der Waals surface area contributed by atoms with Gasteiger partial charge in [-0.15, -0.1) is 11.8 Å². The van der Waals surface area contributed by atoms with Crippen LogP contribution in [-0.2, 0) is 16.1 Å². The van der Waals surface area contributed by atoms with Gasteiger partial charge in [-0.2, -0.15) is 0 Å². The van der Waals surface area contributed by atoms with Crippen molar-refractivity contribution in [2.24, 2.45) is 0 Å². The van der Waals surface area contributed by atoms with E-state index >= 15 is 0 Å². The summed E-state index contributed by atoms with van der Waals surface area (Å²) in [5.74, 6) is 0.261. The van der Waals surface area contributed by atoms with Crippen molar-refractivity contribution in [2.45, 2.75) is 13.5 Å². The van der Waals surface area contributed by atoms with Crippen LogP contribution in [0.4, 0.5) is 0 Å². The highest BCUT2D eigenvalue weighted by Gasteiger charge is 2.38. The van der Waals surface area contributed by atoms with Gasteiger partial charge < -0.3 is 0 Å². The molecule has 0 radical (unpaired) electrons. The summed E-state index contributed by atoms with van der Waals surface area (Å²) in [4.78, 5) is 31.5. The Labute approximate surface area is 139 Å². The second kappa shape index (κ2) is 6.79. The summed E-state index contributed by atoms with van der Waals surface area (Å²) >= 11 is 1.42. The molecule has 116 valence electrons. The maximum absolute atomic E-state index is 12.8. The summed E-state index contributed by atoms with van der Waals surface area (Å²) < 4.78 is 0. The minimum atomic E-state index is -0.247. The second-order valence-electron chi connectivity index (χ2n) is 5.02. The van der Waals surface area contributed by atoms with E-state index in [1.54, 1.807) is 6.20 Å². The van der Waals surface area contributed by atoms with Crippen LogP contribution in [0.5, 0.6) is 0 Å². The number of benzene rings is 1. The number of carbonyl (C=O) groups is 2. The summed E-state index contributed by atoms with van der Waals surface area (Å²) in [5.41, 5.74) is 1.98. The van der Waals surface area contributed by atoms with Gasteiger partial charge in [-0.25, -0.2) is 0 Å². The summed E-state index contributed by atoms with van der Waals surface area (Å²) in [6.45, 7) is 2.17. The van der Waals surface area contributed by atoms with Crippen molar-refractivity contribution in [2.75, 3.05) is 5.75 Å². The van der Waals surface area contributed by atoms with Crippen LogP contribution in [0.3, 0.4) is 0 Å². The zero-order valence-corrected chi connectivity index (χ0v) is 13.5.